The number of hydrogen-bond acceptors (Lipinski definition) is 2. The zero-order valence-electron chi connectivity index (χ0n) is 14.6. The Morgan fingerprint density at radius 2 is 2.12 bits per heavy atom. The van der Waals surface area contributed by atoms with E-state index in [-0.39, 0.29) is 35.2 Å². The molecule has 0 fully saturated rings. The fourth-order valence-electron chi connectivity index (χ4n) is 2.38. The van der Waals surface area contributed by atoms with E-state index in [1.165, 1.54) is 12.1 Å². The van der Waals surface area contributed by atoms with E-state index in [2.05, 4.69) is 34.6 Å². The van der Waals surface area contributed by atoms with Crippen LogP contribution < -0.4 is 10.6 Å². The molecule has 0 saturated heterocycles. The van der Waals surface area contributed by atoms with Crippen molar-refractivity contribution in [2.45, 2.75) is 25.8 Å². The number of hydrogen-bond donors (Lipinski definition) is 2. The Balaban J connectivity index is 0.00000312. The molecule has 0 atom stereocenters. The topological polar surface area (TPSA) is 54.2 Å². The largest absolute Gasteiger partial charge is 0.356 e. The van der Waals surface area contributed by atoms with Gasteiger partial charge in [0.15, 0.2) is 5.96 Å². The predicted molar refractivity (Wildman–Crippen MR) is 111 cm³/mol. The van der Waals surface area contributed by atoms with E-state index in [4.69, 9.17) is 11.6 Å². The average Bonchev–Trinajstić information content (AvgIpc) is 3.03. The summed E-state index contributed by atoms with van der Waals surface area (Å²) >= 11 is 6.18. The number of halogens is 3. The molecule has 2 rings (SSSR count). The summed E-state index contributed by atoms with van der Waals surface area (Å²) in [5.74, 6) is 0.372. The van der Waals surface area contributed by atoms with Crippen LogP contribution in [0.5, 0.6) is 0 Å². The third-order valence-corrected chi connectivity index (χ3v) is 4.09. The van der Waals surface area contributed by atoms with Crippen molar-refractivity contribution in [3.63, 3.8) is 0 Å². The highest BCUT2D eigenvalue weighted by atomic mass is 127. The van der Waals surface area contributed by atoms with Gasteiger partial charge in [-0.25, -0.2) is 4.39 Å². The molecule has 0 unspecified atom stereocenters. The van der Waals surface area contributed by atoms with Gasteiger partial charge in [0.1, 0.15) is 5.82 Å². The van der Waals surface area contributed by atoms with Gasteiger partial charge in [0.25, 0.3) is 0 Å². The van der Waals surface area contributed by atoms with Crippen molar-refractivity contribution in [3.05, 3.63) is 53.1 Å². The number of rotatable bonds is 6. The van der Waals surface area contributed by atoms with Crippen molar-refractivity contribution in [3.8, 4) is 0 Å². The number of benzene rings is 1. The highest BCUT2D eigenvalue weighted by Crippen LogP contribution is 2.29. The molecule has 0 saturated carbocycles. The van der Waals surface area contributed by atoms with Gasteiger partial charge in [-0.1, -0.05) is 31.5 Å². The zero-order valence-corrected chi connectivity index (χ0v) is 17.7. The van der Waals surface area contributed by atoms with Crippen LogP contribution in [0.15, 0.2) is 41.7 Å². The van der Waals surface area contributed by atoms with Crippen LogP contribution in [0.3, 0.4) is 0 Å². The minimum absolute atomic E-state index is 0. The summed E-state index contributed by atoms with van der Waals surface area (Å²) in [5, 5.41) is 11.1. The fraction of sp³-hybridized carbons (Fsp3) is 0.412. The van der Waals surface area contributed by atoms with Gasteiger partial charge >= 0.3 is 0 Å². The molecule has 0 spiro atoms. The van der Waals surface area contributed by atoms with E-state index in [1.54, 1.807) is 19.3 Å². The zero-order chi connectivity index (χ0) is 17.6. The number of nitrogens with zero attached hydrogens (tertiary/aromatic N) is 3. The van der Waals surface area contributed by atoms with Gasteiger partial charge in [-0.2, -0.15) is 5.10 Å². The number of nitrogens with one attached hydrogen (secondary N) is 2. The summed E-state index contributed by atoms with van der Waals surface area (Å²) in [6.07, 6.45) is 3.67. The maximum atomic E-state index is 13.2. The van der Waals surface area contributed by atoms with Gasteiger partial charge < -0.3 is 10.6 Å². The monoisotopic (exact) mass is 479 g/mol. The fourth-order valence-corrected chi connectivity index (χ4v) is 2.80. The normalized spacial score (nSPS) is 11.8. The van der Waals surface area contributed by atoms with E-state index in [0.29, 0.717) is 24.1 Å². The van der Waals surface area contributed by atoms with Crippen LogP contribution in [-0.4, -0.2) is 35.9 Å². The summed E-state index contributed by atoms with van der Waals surface area (Å²) in [6.45, 7) is 6.17. The predicted octanol–water partition coefficient (Wildman–Crippen LogP) is 3.44. The van der Waals surface area contributed by atoms with E-state index in [0.717, 1.165) is 12.1 Å². The molecule has 0 bridgehead atoms. The molecule has 25 heavy (non-hydrogen) atoms. The lowest BCUT2D eigenvalue weighted by atomic mass is 9.84. The number of guanidine groups is 1. The second-order valence-corrected chi connectivity index (χ2v) is 6.54. The quantitative estimate of drug-likeness (QED) is 0.379. The first-order valence-corrected chi connectivity index (χ1v) is 8.17. The highest BCUT2D eigenvalue weighted by Gasteiger charge is 2.24. The van der Waals surface area contributed by atoms with Crippen molar-refractivity contribution in [1.29, 1.82) is 0 Å². The lowest BCUT2D eigenvalue weighted by Gasteiger charge is -2.27. The second kappa shape index (κ2) is 9.96. The summed E-state index contributed by atoms with van der Waals surface area (Å²) in [5.41, 5.74) is 0.620. The molecule has 2 aromatic rings. The Hall–Kier alpha value is -1.35. The molecular weight excluding hydrogens is 456 g/mol. The minimum atomic E-state index is -0.330. The molecule has 138 valence electrons. The van der Waals surface area contributed by atoms with E-state index in [9.17, 15) is 4.39 Å². The number of aromatic nitrogens is 2. The van der Waals surface area contributed by atoms with Crippen molar-refractivity contribution in [2.24, 2.45) is 4.99 Å². The maximum Gasteiger partial charge on any atom is 0.191 e. The minimum Gasteiger partial charge on any atom is -0.356 e. The SMILES string of the molecule is CN=C(NCCn1cccn1)NCC(C)(C)c1ccc(F)cc1Cl.I. The molecule has 0 aliphatic carbocycles. The molecule has 8 heteroatoms. The molecule has 2 N–H and O–H groups in total. The summed E-state index contributed by atoms with van der Waals surface area (Å²) < 4.78 is 15.1. The van der Waals surface area contributed by atoms with E-state index in [1.807, 2.05) is 16.9 Å². The Kier molecular flexibility index (Phi) is 8.64. The average molecular weight is 480 g/mol. The molecule has 1 aromatic heterocycles. The van der Waals surface area contributed by atoms with Gasteiger partial charge in [-0.05, 0) is 23.8 Å². The third kappa shape index (κ3) is 6.47. The van der Waals surface area contributed by atoms with E-state index < -0.39 is 0 Å². The summed E-state index contributed by atoms with van der Waals surface area (Å²) in [7, 11) is 1.72. The van der Waals surface area contributed by atoms with E-state index >= 15 is 0 Å². The van der Waals surface area contributed by atoms with Crippen LogP contribution >= 0.6 is 35.6 Å². The highest BCUT2D eigenvalue weighted by molar-refractivity contribution is 14.0. The molecule has 1 aromatic carbocycles. The molecule has 0 radical (unpaired) electrons. The molecule has 0 amide bonds. The summed E-state index contributed by atoms with van der Waals surface area (Å²) in [6, 6.07) is 6.39. The van der Waals surface area contributed by atoms with Gasteiger partial charge in [0.05, 0.1) is 6.54 Å². The summed E-state index contributed by atoms with van der Waals surface area (Å²) in [4.78, 5) is 4.21. The Bertz CT molecular complexity index is 688. The molecule has 5 nitrogen and oxygen atoms in total. The maximum absolute atomic E-state index is 13.2. The Morgan fingerprint density at radius 1 is 1.36 bits per heavy atom. The van der Waals surface area contributed by atoms with Gasteiger partial charge in [0.2, 0.25) is 0 Å². The molecule has 0 aliphatic rings. The Morgan fingerprint density at radius 3 is 2.72 bits per heavy atom. The first-order valence-electron chi connectivity index (χ1n) is 7.80. The van der Waals surface area contributed by atoms with Crippen molar-refractivity contribution < 1.29 is 4.39 Å². The van der Waals surface area contributed by atoms with Crippen LogP contribution in [0.1, 0.15) is 19.4 Å². The van der Waals surface area contributed by atoms with Crippen molar-refractivity contribution in [1.82, 2.24) is 20.4 Å². The van der Waals surface area contributed by atoms with Crippen molar-refractivity contribution in [2.75, 3.05) is 20.1 Å². The lowest BCUT2D eigenvalue weighted by Crippen LogP contribution is -2.44. The van der Waals surface area contributed by atoms with Gasteiger partial charge in [-0.15, -0.1) is 24.0 Å². The van der Waals surface area contributed by atoms with Crippen LogP contribution in [-0.2, 0) is 12.0 Å². The van der Waals surface area contributed by atoms with Crippen LogP contribution in [0.4, 0.5) is 4.39 Å². The third-order valence-electron chi connectivity index (χ3n) is 3.77. The molecule has 0 aliphatic heterocycles. The van der Waals surface area contributed by atoms with Crippen molar-refractivity contribution >= 4 is 41.5 Å². The van der Waals surface area contributed by atoms with Gasteiger partial charge in [-0.3, -0.25) is 9.67 Å². The molecule has 1 heterocycles. The first-order chi connectivity index (χ1) is 11.4. The first kappa shape index (κ1) is 21.7. The molecular formula is C17H24ClFIN5. The smallest absolute Gasteiger partial charge is 0.191 e. The number of aliphatic imine (C=N–C) groups is 1. The standard InChI is InChI=1S/C17H23ClFN5.HI/c1-17(2,14-6-5-13(19)11-15(14)18)12-22-16(20-3)21-8-10-24-9-4-7-23-24;/h4-7,9,11H,8,10,12H2,1-3H3,(H2,20,21,22);1H. The lowest BCUT2D eigenvalue weighted by molar-refractivity contribution is 0.505. The second-order valence-electron chi connectivity index (χ2n) is 6.13. The van der Waals surface area contributed by atoms with Crippen LogP contribution in [0, 0.1) is 5.82 Å². The van der Waals surface area contributed by atoms with Crippen LogP contribution in [0.25, 0.3) is 0 Å². The van der Waals surface area contributed by atoms with Gasteiger partial charge in [0, 0.05) is 43.0 Å². The van der Waals surface area contributed by atoms with Crippen LogP contribution in [0.2, 0.25) is 5.02 Å². The Labute approximate surface area is 170 Å².